The van der Waals surface area contributed by atoms with Gasteiger partial charge in [0.25, 0.3) is 5.91 Å². The Hall–Kier alpha value is -1.68. The Morgan fingerprint density at radius 2 is 1.79 bits per heavy atom. The van der Waals surface area contributed by atoms with Gasteiger partial charge in [-0.15, -0.1) is 0 Å². The Morgan fingerprint density at radius 1 is 1.26 bits per heavy atom. The molecule has 1 saturated carbocycles. The molecule has 1 atom stereocenters. The number of carbonyl (C=O) groups excluding carboxylic acids is 2. The lowest BCUT2D eigenvalue weighted by molar-refractivity contribution is -0.124. The Kier molecular flexibility index (Phi) is 3.71. The summed E-state index contributed by atoms with van der Waals surface area (Å²) in [5.41, 5.74) is 3.00. The van der Waals surface area contributed by atoms with Crippen LogP contribution in [-0.4, -0.2) is 22.9 Å². The second-order valence-corrected chi connectivity index (χ2v) is 5.31. The molecule has 0 aromatic heterocycles. The van der Waals surface area contributed by atoms with Gasteiger partial charge in [0, 0.05) is 11.3 Å². The first kappa shape index (κ1) is 13.7. The molecule has 1 aromatic carbocycles. The first-order valence-electron chi connectivity index (χ1n) is 6.51. The Balaban J connectivity index is 2.17. The number of rotatable bonds is 4. The van der Waals surface area contributed by atoms with Gasteiger partial charge in [0.2, 0.25) is 0 Å². The zero-order valence-electron chi connectivity index (χ0n) is 11.5. The van der Waals surface area contributed by atoms with E-state index in [4.69, 9.17) is 0 Å². The fourth-order valence-electron chi connectivity index (χ4n) is 2.43. The van der Waals surface area contributed by atoms with E-state index in [9.17, 15) is 14.7 Å². The van der Waals surface area contributed by atoms with Gasteiger partial charge in [0.1, 0.15) is 6.10 Å². The van der Waals surface area contributed by atoms with E-state index in [0.29, 0.717) is 11.3 Å². The molecular formula is C15H19NO3. The predicted molar refractivity (Wildman–Crippen MR) is 73.3 cm³/mol. The van der Waals surface area contributed by atoms with Gasteiger partial charge in [0.15, 0.2) is 5.78 Å². The van der Waals surface area contributed by atoms with Crippen LogP contribution in [0.25, 0.3) is 0 Å². The number of aliphatic hydroxyl groups excluding tert-OH is 1. The standard InChI is InChI=1S/C15H19NO3/c1-8-6-12(7-9(2)13(8)10(3)17)16-15(19)14(18)11-4-5-11/h6-7,11,14,18H,4-5H2,1-3H3,(H,16,19). The minimum atomic E-state index is -0.923. The minimum Gasteiger partial charge on any atom is -0.383 e. The molecule has 2 N–H and O–H groups in total. The van der Waals surface area contributed by atoms with E-state index in [1.54, 1.807) is 12.1 Å². The highest BCUT2D eigenvalue weighted by atomic mass is 16.3. The molecule has 0 heterocycles. The number of Topliss-reactive ketones (excluding diaryl/α,β-unsaturated/α-hetero) is 1. The lowest BCUT2D eigenvalue weighted by atomic mass is 9.99. The van der Waals surface area contributed by atoms with Crippen LogP contribution in [0.1, 0.15) is 41.3 Å². The van der Waals surface area contributed by atoms with Gasteiger partial charge in [-0.25, -0.2) is 0 Å². The van der Waals surface area contributed by atoms with Gasteiger partial charge in [-0.05, 0) is 62.8 Å². The highest BCUT2D eigenvalue weighted by Crippen LogP contribution is 2.33. The number of benzene rings is 1. The summed E-state index contributed by atoms with van der Waals surface area (Å²) in [4.78, 5) is 23.3. The van der Waals surface area contributed by atoms with Crippen molar-refractivity contribution in [3.63, 3.8) is 0 Å². The Morgan fingerprint density at radius 3 is 2.21 bits per heavy atom. The van der Waals surface area contributed by atoms with Crippen molar-refractivity contribution in [3.8, 4) is 0 Å². The number of hydrogen-bond acceptors (Lipinski definition) is 3. The highest BCUT2D eigenvalue weighted by molar-refractivity contribution is 5.99. The number of aryl methyl sites for hydroxylation is 2. The molecule has 1 unspecified atom stereocenters. The summed E-state index contributed by atoms with van der Waals surface area (Å²) in [6.07, 6.45) is 0.902. The van der Waals surface area contributed by atoms with Crippen LogP contribution in [0.5, 0.6) is 0 Å². The third-order valence-electron chi connectivity index (χ3n) is 3.49. The highest BCUT2D eigenvalue weighted by Gasteiger charge is 2.34. The lowest BCUT2D eigenvalue weighted by Crippen LogP contribution is -2.29. The van der Waals surface area contributed by atoms with Crippen LogP contribution in [0.2, 0.25) is 0 Å². The van der Waals surface area contributed by atoms with Gasteiger partial charge in [-0.2, -0.15) is 0 Å². The van der Waals surface area contributed by atoms with E-state index in [1.807, 2.05) is 13.8 Å². The summed E-state index contributed by atoms with van der Waals surface area (Å²) in [5.74, 6) is -0.235. The van der Waals surface area contributed by atoms with Crippen molar-refractivity contribution in [3.05, 3.63) is 28.8 Å². The molecule has 1 aromatic rings. The molecule has 2 rings (SSSR count). The topological polar surface area (TPSA) is 66.4 Å². The molecule has 0 saturated heterocycles. The third kappa shape index (κ3) is 3.01. The maximum absolute atomic E-state index is 11.8. The molecule has 0 bridgehead atoms. The molecule has 0 aliphatic heterocycles. The average molecular weight is 261 g/mol. The molecular weight excluding hydrogens is 242 g/mol. The van der Waals surface area contributed by atoms with Gasteiger partial charge in [-0.1, -0.05) is 0 Å². The van der Waals surface area contributed by atoms with Crippen LogP contribution >= 0.6 is 0 Å². The fourth-order valence-corrected chi connectivity index (χ4v) is 2.43. The molecule has 0 spiro atoms. The van der Waals surface area contributed by atoms with E-state index >= 15 is 0 Å². The lowest BCUT2D eigenvalue weighted by Gasteiger charge is -2.13. The van der Waals surface area contributed by atoms with Gasteiger partial charge < -0.3 is 10.4 Å². The molecule has 4 nitrogen and oxygen atoms in total. The van der Waals surface area contributed by atoms with Gasteiger partial charge in [0.05, 0.1) is 0 Å². The summed E-state index contributed by atoms with van der Waals surface area (Å²) in [7, 11) is 0. The van der Waals surface area contributed by atoms with E-state index in [-0.39, 0.29) is 17.6 Å². The number of hydrogen-bond donors (Lipinski definition) is 2. The smallest absolute Gasteiger partial charge is 0.253 e. The third-order valence-corrected chi connectivity index (χ3v) is 3.49. The van der Waals surface area contributed by atoms with Crippen molar-refractivity contribution in [2.75, 3.05) is 5.32 Å². The van der Waals surface area contributed by atoms with Crippen molar-refractivity contribution >= 4 is 17.4 Å². The monoisotopic (exact) mass is 261 g/mol. The Bertz CT molecular complexity index is 509. The van der Waals surface area contributed by atoms with Crippen molar-refractivity contribution in [1.82, 2.24) is 0 Å². The molecule has 102 valence electrons. The molecule has 4 heteroatoms. The van der Waals surface area contributed by atoms with Crippen LogP contribution in [0.15, 0.2) is 12.1 Å². The van der Waals surface area contributed by atoms with Crippen molar-refractivity contribution in [2.45, 2.75) is 39.7 Å². The number of nitrogens with one attached hydrogen (secondary N) is 1. The van der Waals surface area contributed by atoms with Crippen molar-refractivity contribution in [1.29, 1.82) is 0 Å². The van der Waals surface area contributed by atoms with Gasteiger partial charge >= 0.3 is 0 Å². The fraction of sp³-hybridized carbons (Fsp3) is 0.467. The van der Waals surface area contributed by atoms with Crippen LogP contribution in [0, 0.1) is 19.8 Å². The quantitative estimate of drug-likeness (QED) is 0.817. The van der Waals surface area contributed by atoms with Crippen molar-refractivity contribution in [2.24, 2.45) is 5.92 Å². The SMILES string of the molecule is CC(=O)c1c(C)cc(NC(=O)C(O)C2CC2)cc1C. The average Bonchev–Trinajstić information content (AvgIpc) is 3.09. The number of aliphatic hydroxyl groups is 1. The van der Waals surface area contributed by atoms with Crippen molar-refractivity contribution < 1.29 is 14.7 Å². The second kappa shape index (κ2) is 5.13. The number of amides is 1. The first-order chi connectivity index (χ1) is 8.90. The molecule has 0 radical (unpaired) electrons. The number of anilines is 1. The first-order valence-corrected chi connectivity index (χ1v) is 6.51. The van der Waals surface area contributed by atoms with Gasteiger partial charge in [-0.3, -0.25) is 9.59 Å². The molecule has 1 aliphatic rings. The molecule has 1 amide bonds. The van der Waals surface area contributed by atoms with E-state index < -0.39 is 6.10 Å². The maximum Gasteiger partial charge on any atom is 0.253 e. The van der Waals surface area contributed by atoms with Crippen LogP contribution < -0.4 is 5.32 Å². The maximum atomic E-state index is 11.8. The van der Waals surface area contributed by atoms with Crippen LogP contribution in [0.3, 0.4) is 0 Å². The van der Waals surface area contributed by atoms with E-state index in [0.717, 1.165) is 24.0 Å². The zero-order valence-corrected chi connectivity index (χ0v) is 11.5. The molecule has 1 aliphatic carbocycles. The molecule has 19 heavy (non-hydrogen) atoms. The minimum absolute atomic E-state index is 0.0193. The normalized spacial score (nSPS) is 16.0. The summed E-state index contributed by atoms with van der Waals surface area (Å²) < 4.78 is 0. The summed E-state index contributed by atoms with van der Waals surface area (Å²) in [6.45, 7) is 5.22. The largest absolute Gasteiger partial charge is 0.383 e. The van der Waals surface area contributed by atoms with Crippen LogP contribution in [-0.2, 0) is 4.79 Å². The van der Waals surface area contributed by atoms with E-state index in [1.165, 1.54) is 6.92 Å². The Labute approximate surface area is 112 Å². The van der Waals surface area contributed by atoms with Crippen LogP contribution in [0.4, 0.5) is 5.69 Å². The molecule has 1 fully saturated rings. The number of ketones is 1. The second-order valence-electron chi connectivity index (χ2n) is 5.31. The summed E-state index contributed by atoms with van der Waals surface area (Å²) >= 11 is 0. The van der Waals surface area contributed by atoms with E-state index in [2.05, 4.69) is 5.32 Å². The number of carbonyl (C=O) groups is 2. The summed E-state index contributed by atoms with van der Waals surface area (Å²) in [5, 5.41) is 12.4. The predicted octanol–water partition coefficient (Wildman–Crippen LogP) is 2.22. The summed E-state index contributed by atoms with van der Waals surface area (Å²) in [6, 6.07) is 3.53. The zero-order chi connectivity index (χ0) is 14.2.